The summed E-state index contributed by atoms with van der Waals surface area (Å²) in [5.74, 6) is -2.63. The summed E-state index contributed by atoms with van der Waals surface area (Å²) in [6.07, 6.45) is 5.31. The number of tetrazole rings is 1. The van der Waals surface area contributed by atoms with Crippen LogP contribution in [0.1, 0.15) is 24.6 Å². The molecule has 27 heavy (non-hydrogen) atoms. The number of aliphatic hydroxyl groups excluding tert-OH is 1. The first-order chi connectivity index (χ1) is 12.6. The molecule has 144 valence electrons. The third kappa shape index (κ3) is 3.74. The van der Waals surface area contributed by atoms with Crippen molar-refractivity contribution < 1.29 is 23.2 Å². The summed E-state index contributed by atoms with van der Waals surface area (Å²) in [5.41, 5.74) is -0.897. The second-order valence-electron chi connectivity index (χ2n) is 6.34. The van der Waals surface area contributed by atoms with Crippen molar-refractivity contribution in [1.29, 1.82) is 0 Å². The summed E-state index contributed by atoms with van der Waals surface area (Å²) in [5, 5.41) is 45.0. The van der Waals surface area contributed by atoms with Gasteiger partial charge in [-0.25, -0.2) is 8.42 Å². The maximum atomic E-state index is 12.7. The molecule has 1 aromatic heterocycles. The van der Waals surface area contributed by atoms with E-state index in [-0.39, 0.29) is 28.0 Å². The third-order valence-corrected chi connectivity index (χ3v) is 5.30. The number of Topliss-reactive ketones (excluding diaryl/α,β-unsaturated/α-hetero) is 1. The molecule has 1 aromatic rings. The van der Waals surface area contributed by atoms with Gasteiger partial charge in [0, 0.05) is 18.2 Å². The maximum Gasteiger partial charge on any atom is 0.234 e. The molecule has 3 rings (SSSR count). The Morgan fingerprint density at radius 2 is 2.04 bits per heavy atom. The van der Waals surface area contributed by atoms with Crippen LogP contribution in [0, 0.1) is 16.3 Å². The quantitative estimate of drug-likeness (QED) is 0.412. The summed E-state index contributed by atoms with van der Waals surface area (Å²) < 4.78 is 23.4. The van der Waals surface area contributed by atoms with Crippen LogP contribution < -0.4 is 0 Å². The molecule has 2 aliphatic rings. The Kier molecular flexibility index (Phi) is 4.59. The Morgan fingerprint density at radius 3 is 2.52 bits per heavy atom. The highest BCUT2D eigenvalue weighted by Crippen LogP contribution is 2.38. The fourth-order valence-corrected chi connectivity index (χ4v) is 3.31. The van der Waals surface area contributed by atoms with Gasteiger partial charge in [-0.15, -0.1) is 10.2 Å². The number of aliphatic hydroxyl groups is 1. The molecule has 1 unspecified atom stereocenters. The fraction of sp³-hybridized carbons (Fsp3) is 0.400. The van der Waals surface area contributed by atoms with Crippen molar-refractivity contribution in [2.45, 2.75) is 18.8 Å². The van der Waals surface area contributed by atoms with Crippen LogP contribution in [0.3, 0.4) is 0 Å². The minimum atomic E-state index is -3.69. The lowest BCUT2D eigenvalue weighted by Gasteiger charge is -2.18. The predicted octanol–water partition coefficient (Wildman–Crippen LogP) is 0.0323. The number of hydrogen-bond acceptors (Lipinski definition) is 9. The van der Waals surface area contributed by atoms with E-state index in [0.717, 1.165) is 29.3 Å². The van der Waals surface area contributed by atoms with Gasteiger partial charge in [-0.2, -0.15) is 9.70 Å². The van der Waals surface area contributed by atoms with E-state index in [1.807, 2.05) is 0 Å². The van der Waals surface area contributed by atoms with Crippen LogP contribution in [-0.4, -0.2) is 56.4 Å². The molecule has 1 saturated carbocycles. The zero-order chi connectivity index (χ0) is 19.9. The Morgan fingerprint density at radius 1 is 1.37 bits per heavy atom. The number of nitrogens with zero attached hydrogens (tertiary/aromatic N) is 5. The van der Waals surface area contributed by atoms with E-state index in [4.69, 9.17) is 0 Å². The van der Waals surface area contributed by atoms with E-state index in [0.29, 0.717) is 12.8 Å². The Balaban J connectivity index is 2.14. The molecule has 0 aliphatic heterocycles. The molecule has 1 fully saturated rings. The number of rotatable bonds is 5. The molecule has 12 heteroatoms. The van der Waals surface area contributed by atoms with Gasteiger partial charge in [0.2, 0.25) is 5.71 Å². The van der Waals surface area contributed by atoms with E-state index in [2.05, 4.69) is 15.4 Å². The number of carbonyl (C=O) groups excluding carboxylic acids is 1. The molecule has 0 saturated heterocycles. The SMILES string of the molecule is Cn1nnc(C(C(=O)C2CC2)C(O)=C2C=CC(S(C)(=O)=O)=CC2=[N+]([O-])[O-])n1. The smallest absolute Gasteiger partial charge is 0.234 e. The van der Waals surface area contributed by atoms with Gasteiger partial charge in [0.15, 0.2) is 21.4 Å². The van der Waals surface area contributed by atoms with Gasteiger partial charge in [-0.1, -0.05) is 0 Å². The molecular formula is C15H16N5O6S-. The van der Waals surface area contributed by atoms with E-state index < -0.39 is 32.1 Å². The van der Waals surface area contributed by atoms with Crippen molar-refractivity contribution in [2.75, 3.05) is 6.26 Å². The first kappa shape index (κ1) is 18.8. The number of hydrogen-bond donors (Lipinski definition) is 1. The maximum absolute atomic E-state index is 12.7. The number of aromatic nitrogens is 4. The average molecular weight is 394 g/mol. The molecule has 1 heterocycles. The normalized spacial score (nSPS) is 20.2. The molecule has 2 aliphatic carbocycles. The van der Waals surface area contributed by atoms with Crippen LogP contribution in [-0.2, 0) is 21.7 Å². The number of allylic oxidation sites excluding steroid dienone is 5. The van der Waals surface area contributed by atoms with Crippen LogP contribution in [0.15, 0.2) is 34.5 Å². The van der Waals surface area contributed by atoms with Crippen LogP contribution >= 0.6 is 0 Å². The Hall–Kier alpha value is -3.02. The third-order valence-electron chi connectivity index (χ3n) is 4.19. The molecular weight excluding hydrogens is 378 g/mol. The van der Waals surface area contributed by atoms with Crippen molar-refractivity contribution in [3.05, 3.63) is 50.7 Å². The van der Waals surface area contributed by atoms with Gasteiger partial charge in [-0.3, -0.25) is 4.79 Å². The summed E-state index contributed by atoms with van der Waals surface area (Å²) in [4.78, 5) is 12.7. The highest BCUT2D eigenvalue weighted by Gasteiger charge is 2.41. The minimum Gasteiger partial charge on any atom is -0.612 e. The number of aryl methyl sites for hydroxylation is 1. The van der Waals surface area contributed by atoms with E-state index in [1.54, 1.807) is 0 Å². The highest BCUT2D eigenvalue weighted by atomic mass is 32.2. The molecule has 11 nitrogen and oxygen atoms in total. The largest absolute Gasteiger partial charge is 0.612 e. The predicted molar refractivity (Wildman–Crippen MR) is 93.0 cm³/mol. The first-order valence-corrected chi connectivity index (χ1v) is 9.81. The molecule has 1 atom stereocenters. The van der Waals surface area contributed by atoms with Crippen LogP contribution in [0.5, 0.6) is 0 Å². The molecule has 0 amide bonds. The number of sulfone groups is 1. The minimum absolute atomic E-state index is 0.0756. The second kappa shape index (κ2) is 6.61. The van der Waals surface area contributed by atoms with Gasteiger partial charge < -0.3 is 15.5 Å². The van der Waals surface area contributed by atoms with Crippen LogP contribution in [0.25, 0.3) is 0 Å². The lowest BCUT2D eigenvalue weighted by Crippen LogP contribution is -2.24. The van der Waals surface area contributed by atoms with E-state index in [9.17, 15) is 28.7 Å². The first-order valence-electron chi connectivity index (χ1n) is 7.92. The van der Waals surface area contributed by atoms with Gasteiger partial charge in [0.05, 0.1) is 17.5 Å². The summed E-state index contributed by atoms with van der Waals surface area (Å²) in [6.45, 7) is 0. The van der Waals surface area contributed by atoms with Gasteiger partial charge in [0.25, 0.3) is 0 Å². The van der Waals surface area contributed by atoms with Crippen molar-refractivity contribution in [1.82, 2.24) is 20.2 Å². The molecule has 0 bridgehead atoms. The Bertz CT molecular complexity index is 1020. The lowest BCUT2D eigenvalue weighted by molar-refractivity contribution is -0.377. The van der Waals surface area contributed by atoms with Crippen molar-refractivity contribution in [2.24, 2.45) is 13.0 Å². The topological polar surface area (TPSA) is 164 Å². The standard InChI is InChI=1S/C15H16N5O6S/c1-19-17-15(16-18-19)12(13(21)8-3-4-8)14(22)10-6-5-9(27(2,25)26)7-11(10)20(23)24/h5-8,12H,3-4H2,1-2H3,(H-,16,17,18,22,23,24)/q-1. The fourth-order valence-electron chi connectivity index (χ4n) is 2.67. The van der Waals surface area contributed by atoms with Crippen LogP contribution in [0.4, 0.5) is 0 Å². The highest BCUT2D eigenvalue weighted by molar-refractivity contribution is 7.94. The average Bonchev–Trinajstić information content (AvgIpc) is 3.36. The summed E-state index contributed by atoms with van der Waals surface area (Å²) in [6, 6.07) is 0. The van der Waals surface area contributed by atoms with Crippen molar-refractivity contribution in [3.63, 3.8) is 0 Å². The second-order valence-corrected chi connectivity index (χ2v) is 8.36. The van der Waals surface area contributed by atoms with E-state index >= 15 is 0 Å². The van der Waals surface area contributed by atoms with Gasteiger partial charge in [-0.05, 0) is 30.2 Å². The van der Waals surface area contributed by atoms with Crippen molar-refractivity contribution >= 4 is 21.3 Å². The van der Waals surface area contributed by atoms with Gasteiger partial charge >= 0.3 is 0 Å². The van der Waals surface area contributed by atoms with E-state index in [1.165, 1.54) is 7.05 Å². The Labute approximate surface area is 154 Å². The van der Waals surface area contributed by atoms with Crippen LogP contribution in [0.2, 0.25) is 0 Å². The van der Waals surface area contributed by atoms with Crippen molar-refractivity contribution in [3.8, 4) is 0 Å². The molecule has 0 spiro atoms. The molecule has 1 N–H and O–H groups in total. The molecule has 0 aromatic carbocycles. The summed E-state index contributed by atoms with van der Waals surface area (Å²) >= 11 is 0. The lowest BCUT2D eigenvalue weighted by atomic mass is 9.91. The zero-order valence-electron chi connectivity index (χ0n) is 14.4. The number of ketones is 1. The molecule has 0 radical (unpaired) electrons. The monoisotopic (exact) mass is 394 g/mol. The summed E-state index contributed by atoms with van der Waals surface area (Å²) in [7, 11) is -2.21. The number of carbonyl (C=O) groups is 1. The van der Waals surface area contributed by atoms with Gasteiger partial charge in [0.1, 0.15) is 11.7 Å². The zero-order valence-corrected chi connectivity index (χ0v) is 15.3.